The van der Waals surface area contributed by atoms with Gasteiger partial charge in [0.1, 0.15) is 0 Å². The van der Waals surface area contributed by atoms with Gasteiger partial charge in [-0.1, -0.05) is 11.6 Å². The molecule has 1 atom stereocenters. The second-order valence-electron chi connectivity index (χ2n) is 3.81. The fraction of sp³-hybridized carbons (Fsp3) is 0. The molecule has 0 saturated heterocycles. The van der Waals surface area contributed by atoms with E-state index in [0.29, 0.717) is 5.02 Å². The van der Waals surface area contributed by atoms with Gasteiger partial charge in [-0.15, -0.1) is 0 Å². The summed E-state index contributed by atoms with van der Waals surface area (Å²) >= 11 is 5.74. The van der Waals surface area contributed by atoms with Gasteiger partial charge in [-0.05, 0) is 82.1 Å². The van der Waals surface area contributed by atoms with E-state index >= 15 is 0 Å². The Balaban J connectivity index is 0.000000283. The van der Waals surface area contributed by atoms with Crippen LogP contribution in [-0.2, 0) is 27.9 Å². The molecular formula is C16H13ClFeOS. The van der Waals surface area contributed by atoms with Gasteiger partial charge in [-0.2, -0.15) is 0 Å². The Morgan fingerprint density at radius 2 is 1.20 bits per heavy atom. The van der Waals surface area contributed by atoms with Gasteiger partial charge < -0.3 is 0 Å². The van der Waals surface area contributed by atoms with Gasteiger partial charge >= 0.3 is 0 Å². The molecule has 10 radical (unpaired) electrons. The second-order valence-corrected chi connectivity index (χ2v) is 5.72. The molecule has 1 aromatic rings. The third kappa shape index (κ3) is 5.89. The molecule has 1 aromatic carbocycles. The summed E-state index contributed by atoms with van der Waals surface area (Å²) in [5.74, 6) is 0. The first-order chi connectivity index (χ1) is 9.27. The molecule has 2 aliphatic carbocycles. The molecule has 0 unspecified atom stereocenters. The van der Waals surface area contributed by atoms with E-state index < -0.39 is 10.8 Å². The average molecular weight is 345 g/mol. The van der Waals surface area contributed by atoms with Crippen molar-refractivity contribution in [2.45, 2.75) is 4.90 Å². The predicted octanol–water partition coefficient (Wildman–Crippen LogP) is 3.83. The molecule has 0 amide bonds. The maximum absolute atomic E-state index is 11.9. The first kappa shape index (κ1) is 18.2. The fourth-order valence-electron chi connectivity index (χ4n) is 1.49. The molecular weight excluding hydrogens is 332 g/mol. The monoisotopic (exact) mass is 344 g/mol. The molecule has 0 aliphatic heterocycles. The third-order valence-corrected chi connectivity index (χ3v) is 4.08. The zero-order valence-electron chi connectivity index (χ0n) is 10.6. The number of halogens is 1. The summed E-state index contributed by atoms with van der Waals surface area (Å²) < 4.78 is 11.9. The van der Waals surface area contributed by atoms with Crippen LogP contribution in [0.4, 0.5) is 0 Å². The maximum atomic E-state index is 11.9. The van der Waals surface area contributed by atoms with Crippen LogP contribution in [0.5, 0.6) is 0 Å². The maximum Gasteiger partial charge on any atom is 0.0754 e. The third-order valence-electron chi connectivity index (χ3n) is 2.43. The standard InChI is InChI=1S/C11H8ClOS.C5H5.Fe/c12-9-5-7-11(8-6-9)14(13)10-3-1-2-4-10;1-2-4-5-3-1;/h1-8H;1-5H;/t14-;;/m0../s1. The van der Waals surface area contributed by atoms with E-state index in [4.69, 9.17) is 11.6 Å². The van der Waals surface area contributed by atoms with E-state index in [0.717, 1.165) is 10.1 Å². The number of hydrogen-bond acceptors (Lipinski definition) is 1. The summed E-state index contributed by atoms with van der Waals surface area (Å²) in [4.78, 5) is 0.778. The van der Waals surface area contributed by atoms with Gasteiger partial charge in [0.25, 0.3) is 0 Å². The van der Waals surface area contributed by atoms with Gasteiger partial charge in [-0.3, -0.25) is 4.21 Å². The van der Waals surface area contributed by atoms with E-state index in [1.807, 2.05) is 57.8 Å². The van der Waals surface area contributed by atoms with Crippen molar-refractivity contribution in [1.29, 1.82) is 0 Å². The molecule has 2 fully saturated rings. The summed E-state index contributed by atoms with van der Waals surface area (Å²) in [6, 6.07) is 7.06. The normalized spacial score (nSPS) is 19.9. The quantitative estimate of drug-likeness (QED) is 0.745. The van der Waals surface area contributed by atoms with Crippen LogP contribution in [-0.4, -0.2) is 4.21 Å². The number of hydrogen-bond donors (Lipinski definition) is 0. The van der Waals surface area contributed by atoms with Gasteiger partial charge in [0.05, 0.1) is 16.0 Å². The zero-order valence-corrected chi connectivity index (χ0v) is 13.2. The smallest absolute Gasteiger partial charge is 0.0754 e. The van der Waals surface area contributed by atoms with E-state index in [9.17, 15) is 4.21 Å². The Bertz CT molecular complexity index is 390. The molecule has 2 saturated carbocycles. The second kappa shape index (κ2) is 10.00. The molecule has 0 aromatic heterocycles. The number of benzene rings is 1. The minimum atomic E-state index is -1.08. The molecule has 20 heavy (non-hydrogen) atoms. The van der Waals surface area contributed by atoms with E-state index in [1.54, 1.807) is 24.3 Å². The van der Waals surface area contributed by atoms with Crippen molar-refractivity contribution in [3.63, 3.8) is 0 Å². The van der Waals surface area contributed by atoms with Crippen molar-refractivity contribution < 1.29 is 21.3 Å². The van der Waals surface area contributed by atoms with Gasteiger partial charge in [0.15, 0.2) is 0 Å². The Kier molecular flexibility index (Phi) is 9.11. The predicted molar refractivity (Wildman–Crippen MR) is 79.8 cm³/mol. The first-order valence-corrected chi connectivity index (χ1v) is 7.36. The molecule has 104 valence electrons. The zero-order chi connectivity index (χ0) is 13.5. The van der Waals surface area contributed by atoms with Gasteiger partial charge in [0, 0.05) is 27.0 Å². The van der Waals surface area contributed by atoms with Crippen molar-refractivity contribution >= 4 is 22.4 Å². The first-order valence-electron chi connectivity index (χ1n) is 5.83. The Morgan fingerprint density at radius 3 is 1.65 bits per heavy atom. The summed E-state index contributed by atoms with van der Waals surface area (Å²) in [7, 11) is -1.08. The van der Waals surface area contributed by atoms with Crippen molar-refractivity contribution in [2.75, 3.05) is 0 Å². The minimum Gasteiger partial charge on any atom is -0.254 e. The molecule has 0 heterocycles. The van der Waals surface area contributed by atoms with Crippen molar-refractivity contribution in [3.05, 3.63) is 92.3 Å². The largest absolute Gasteiger partial charge is 0.254 e. The van der Waals surface area contributed by atoms with Gasteiger partial charge in [0.2, 0.25) is 0 Å². The van der Waals surface area contributed by atoms with Crippen LogP contribution in [0.3, 0.4) is 0 Å². The van der Waals surface area contributed by atoms with Gasteiger partial charge in [-0.25, -0.2) is 0 Å². The van der Waals surface area contributed by atoms with Crippen molar-refractivity contribution in [1.82, 2.24) is 0 Å². The number of rotatable bonds is 2. The molecule has 0 N–H and O–H groups in total. The van der Waals surface area contributed by atoms with Crippen LogP contribution in [0.1, 0.15) is 0 Å². The summed E-state index contributed by atoms with van der Waals surface area (Å²) in [6.07, 6.45) is 17.5. The van der Waals surface area contributed by atoms with Crippen LogP contribution < -0.4 is 0 Å². The molecule has 3 rings (SSSR count). The van der Waals surface area contributed by atoms with E-state index in [-0.39, 0.29) is 17.1 Å². The van der Waals surface area contributed by atoms with Crippen molar-refractivity contribution in [2.24, 2.45) is 0 Å². The van der Waals surface area contributed by atoms with E-state index in [2.05, 4.69) is 0 Å². The summed E-state index contributed by atoms with van der Waals surface area (Å²) in [5.41, 5.74) is 0. The molecule has 0 bridgehead atoms. The summed E-state index contributed by atoms with van der Waals surface area (Å²) in [6.45, 7) is 0. The topological polar surface area (TPSA) is 17.1 Å². The van der Waals surface area contributed by atoms with E-state index in [1.165, 1.54) is 0 Å². The average Bonchev–Trinajstić information content (AvgIpc) is 3.15. The van der Waals surface area contributed by atoms with Crippen molar-refractivity contribution in [3.8, 4) is 0 Å². The van der Waals surface area contributed by atoms with Crippen LogP contribution in [0.2, 0.25) is 5.02 Å². The Labute approximate surface area is 140 Å². The minimum absolute atomic E-state index is 0. The SMILES string of the molecule is O=[S@@]([C]1[CH][CH][CH][CH]1)c1ccc(Cl)cc1.[CH]1[CH][CH][CH][CH]1.[Fe]. The Hall–Kier alpha value is 0.179. The van der Waals surface area contributed by atoms with Crippen LogP contribution in [0.15, 0.2) is 29.2 Å². The fourth-order valence-corrected chi connectivity index (χ4v) is 2.68. The van der Waals surface area contributed by atoms with Crippen LogP contribution in [0, 0.1) is 63.0 Å². The molecule has 2 aliphatic rings. The van der Waals surface area contributed by atoms with Crippen LogP contribution >= 0.6 is 11.6 Å². The van der Waals surface area contributed by atoms with Crippen LogP contribution in [0.25, 0.3) is 0 Å². The molecule has 1 nitrogen and oxygen atoms in total. The Morgan fingerprint density at radius 1 is 0.750 bits per heavy atom. The summed E-state index contributed by atoms with van der Waals surface area (Å²) in [5, 5.41) is 1.49. The molecule has 4 heteroatoms. The molecule has 0 spiro atoms.